The van der Waals surface area contributed by atoms with Gasteiger partial charge in [0.15, 0.2) is 5.66 Å². The molecule has 1 aliphatic rings. The van der Waals surface area contributed by atoms with Crippen LogP contribution in [0.5, 0.6) is 0 Å². The summed E-state index contributed by atoms with van der Waals surface area (Å²) in [6.07, 6.45) is 7.72. The highest BCUT2D eigenvalue weighted by Gasteiger charge is 2.39. The fourth-order valence-electron chi connectivity index (χ4n) is 2.24. The Balaban J connectivity index is 1.61. The summed E-state index contributed by atoms with van der Waals surface area (Å²) >= 11 is 0. The first-order valence-corrected chi connectivity index (χ1v) is 7.56. The van der Waals surface area contributed by atoms with Crippen LogP contribution >= 0.6 is 0 Å². The summed E-state index contributed by atoms with van der Waals surface area (Å²) in [4.78, 5) is 14.0. The van der Waals surface area contributed by atoms with Crippen LogP contribution in [0.2, 0.25) is 0 Å². The molecule has 1 aromatic rings. The van der Waals surface area contributed by atoms with Crippen LogP contribution in [-0.2, 0) is 4.79 Å². The number of nitrogens with zero attached hydrogens (tertiary/aromatic N) is 3. The topological polar surface area (TPSA) is 57.1 Å². The number of rotatable bonds is 9. The van der Waals surface area contributed by atoms with Crippen molar-refractivity contribution < 1.29 is 4.79 Å². The Hall–Kier alpha value is -2.35. The van der Waals surface area contributed by atoms with Gasteiger partial charge in [0.1, 0.15) is 0 Å². The van der Waals surface area contributed by atoms with Crippen LogP contribution in [0, 0.1) is 12.3 Å². The van der Waals surface area contributed by atoms with E-state index in [1.807, 2.05) is 37.4 Å². The second-order valence-corrected chi connectivity index (χ2v) is 5.49. The molecular formula is C17H22N4O. The molecule has 0 radical (unpaired) electrons. The Morgan fingerprint density at radius 3 is 2.68 bits per heavy atom. The summed E-state index contributed by atoms with van der Waals surface area (Å²) in [7, 11) is 2.01. The molecule has 0 aromatic heterocycles. The standard InChI is InChI=1S/C17H22N4O/c1-3-4-11-17(19-20-17)12-10-16(22)18-13-14-21(2)15-8-6-5-7-9-15/h1,5-9H,4,10-14H2,2H3,(H,18,22). The van der Waals surface area contributed by atoms with Crippen LogP contribution < -0.4 is 10.2 Å². The molecule has 5 nitrogen and oxygen atoms in total. The predicted octanol–water partition coefficient (Wildman–Crippen LogP) is 2.59. The molecule has 116 valence electrons. The number of para-hydroxylation sites is 1. The molecule has 1 N–H and O–H groups in total. The molecule has 0 bridgehead atoms. The highest BCUT2D eigenvalue weighted by molar-refractivity contribution is 5.76. The summed E-state index contributed by atoms with van der Waals surface area (Å²) < 4.78 is 0. The molecule has 1 amide bonds. The largest absolute Gasteiger partial charge is 0.373 e. The van der Waals surface area contributed by atoms with Gasteiger partial charge in [0.25, 0.3) is 0 Å². The van der Waals surface area contributed by atoms with Gasteiger partial charge >= 0.3 is 0 Å². The van der Waals surface area contributed by atoms with E-state index in [0.29, 0.717) is 25.8 Å². The number of hydrogen-bond acceptors (Lipinski definition) is 4. The molecule has 1 aromatic carbocycles. The van der Waals surface area contributed by atoms with Crippen molar-refractivity contribution in [2.24, 2.45) is 10.2 Å². The van der Waals surface area contributed by atoms with E-state index in [2.05, 4.69) is 26.4 Å². The Kier molecular flexibility index (Phi) is 5.54. The Morgan fingerprint density at radius 1 is 1.32 bits per heavy atom. The first-order chi connectivity index (χ1) is 10.7. The third kappa shape index (κ3) is 4.88. The van der Waals surface area contributed by atoms with Gasteiger partial charge in [-0.05, 0) is 12.1 Å². The average Bonchev–Trinajstić information content (AvgIpc) is 3.32. The normalized spacial score (nSPS) is 14.2. The molecule has 22 heavy (non-hydrogen) atoms. The summed E-state index contributed by atoms with van der Waals surface area (Å²) in [5, 5.41) is 11.0. The summed E-state index contributed by atoms with van der Waals surface area (Å²) in [5.74, 6) is 2.63. The van der Waals surface area contributed by atoms with E-state index in [1.165, 1.54) is 0 Å². The van der Waals surface area contributed by atoms with Crippen LogP contribution in [0.15, 0.2) is 40.6 Å². The number of amides is 1. The molecule has 0 saturated carbocycles. The summed E-state index contributed by atoms with van der Waals surface area (Å²) in [5.41, 5.74) is 0.769. The maximum Gasteiger partial charge on any atom is 0.220 e. The zero-order valence-corrected chi connectivity index (χ0v) is 13.0. The SMILES string of the molecule is C#CCCC1(CCC(=O)NCCN(C)c2ccccc2)N=N1. The lowest BCUT2D eigenvalue weighted by Crippen LogP contribution is -2.33. The lowest BCUT2D eigenvalue weighted by atomic mass is 10.0. The van der Waals surface area contributed by atoms with Gasteiger partial charge < -0.3 is 10.2 Å². The molecule has 0 aliphatic carbocycles. The molecule has 0 spiro atoms. The number of benzene rings is 1. The van der Waals surface area contributed by atoms with E-state index in [-0.39, 0.29) is 11.6 Å². The highest BCUT2D eigenvalue weighted by atomic mass is 16.1. The van der Waals surface area contributed by atoms with E-state index in [9.17, 15) is 4.79 Å². The predicted molar refractivity (Wildman–Crippen MR) is 87.6 cm³/mol. The Labute approximate surface area is 131 Å². The van der Waals surface area contributed by atoms with Crippen molar-refractivity contribution in [3.05, 3.63) is 30.3 Å². The smallest absolute Gasteiger partial charge is 0.220 e. The van der Waals surface area contributed by atoms with E-state index in [0.717, 1.165) is 18.7 Å². The fraction of sp³-hybridized carbons (Fsp3) is 0.471. The zero-order valence-electron chi connectivity index (χ0n) is 13.0. The minimum Gasteiger partial charge on any atom is -0.373 e. The number of carbonyl (C=O) groups is 1. The second kappa shape index (κ2) is 7.60. The molecule has 2 rings (SSSR count). The average molecular weight is 298 g/mol. The first-order valence-electron chi connectivity index (χ1n) is 7.56. The van der Waals surface area contributed by atoms with Crippen molar-refractivity contribution in [3.63, 3.8) is 0 Å². The third-order valence-electron chi connectivity index (χ3n) is 3.77. The van der Waals surface area contributed by atoms with Gasteiger partial charge in [-0.25, -0.2) is 0 Å². The third-order valence-corrected chi connectivity index (χ3v) is 3.77. The summed E-state index contributed by atoms with van der Waals surface area (Å²) in [6.45, 7) is 1.39. The van der Waals surface area contributed by atoms with Crippen molar-refractivity contribution >= 4 is 11.6 Å². The number of hydrogen-bond donors (Lipinski definition) is 1. The van der Waals surface area contributed by atoms with Crippen LogP contribution in [-0.4, -0.2) is 31.7 Å². The molecule has 5 heteroatoms. The van der Waals surface area contributed by atoms with Crippen molar-refractivity contribution in [1.29, 1.82) is 0 Å². The van der Waals surface area contributed by atoms with Gasteiger partial charge in [0, 0.05) is 51.5 Å². The lowest BCUT2D eigenvalue weighted by molar-refractivity contribution is -0.121. The van der Waals surface area contributed by atoms with Gasteiger partial charge in [-0.15, -0.1) is 12.3 Å². The summed E-state index contributed by atoms with van der Waals surface area (Å²) in [6, 6.07) is 10.1. The van der Waals surface area contributed by atoms with E-state index < -0.39 is 0 Å². The zero-order chi connectivity index (χ0) is 15.8. The minimum atomic E-state index is -0.370. The fourth-order valence-corrected chi connectivity index (χ4v) is 2.24. The molecule has 1 heterocycles. The van der Waals surface area contributed by atoms with E-state index >= 15 is 0 Å². The Bertz CT molecular complexity index is 556. The van der Waals surface area contributed by atoms with Gasteiger partial charge in [-0.3, -0.25) is 4.79 Å². The number of nitrogens with one attached hydrogen (secondary N) is 1. The highest BCUT2D eigenvalue weighted by Crippen LogP contribution is 2.37. The molecule has 0 saturated heterocycles. The quantitative estimate of drug-likeness (QED) is 0.712. The second-order valence-electron chi connectivity index (χ2n) is 5.49. The van der Waals surface area contributed by atoms with Crippen LogP contribution in [0.3, 0.4) is 0 Å². The molecule has 1 aliphatic heterocycles. The molecular weight excluding hydrogens is 276 g/mol. The maximum absolute atomic E-state index is 11.9. The number of terminal acetylenes is 1. The van der Waals surface area contributed by atoms with Crippen LogP contribution in [0.25, 0.3) is 0 Å². The van der Waals surface area contributed by atoms with Gasteiger partial charge in [0.2, 0.25) is 5.91 Å². The molecule has 0 unspecified atom stereocenters. The number of anilines is 1. The molecule has 0 atom stereocenters. The monoisotopic (exact) mass is 298 g/mol. The minimum absolute atomic E-state index is 0.0406. The van der Waals surface area contributed by atoms with E-state index in [4.69, 9.17) is 6.42 Å². The van der Waals surface area contributed by atoms with Crippen molar-refractivity contribution in [2.45, 2.75) is 31.3 Å². The number of carbonyl (C=O) groups excluding carboxylic acids is 1. The lowest BCUT2D eigenvalue weighted by Gasteiger charge is -2.19. The van der Waals surface area contributed by atoms with Crippen molar-refractivity contribution in [1.82, 2.24) is 5.32 Å². The molecule has 0 fully saturated rings. The van der Waals surface area contributed by atoms with Crippen LogP contribution in [0.1, 0.15) is 25.7 Å². The van der Waals surface area contributed by atoms with Crippen LogP contribution in [0.4, 0.5) is 5.69 Å². The first kappa shape index (κ1) is 16.0. The van der Waals surface area contributed by atoms with E-state index in [1.54, 1.807) is 0 Å². The maximum atomic E-state index is 11.9. The Morgan fingerprint density at radius 2 is 2.05 bits per heavy atom. The van der Waals surface area contributed by atoms with Gasteiger partial charge in [0.05, 0.1) is 0 Å². The van der Waals surface area contributed by atoms with Gasteiger partial charge in [-0.2, -0.15) is 10.2 Å². The number of likely N-dealkylation sites (N-methyl/N-ethyl adjacent to an activating group) is 1. The van der Waals surface area contributed by atoms with Gasteiger partial charge in [-0.1, -0.05) is 18.2 Å². The van der Waals surface area contributed by atoms with Crippen molar-refractivity contribution in [3.8, 4) is 12.3 Å². The van der Waals surface area contributed by atoms with Crippen molar-refractivity contribution in [2.75, 3.05) is 25.0 Å².